The number of aliphatic carboxylic acids is 1. The number of carbonyl (C=O) groups is 1. The quantitative estimate of drug-likeness (QED) is 0.346. The van der Waals surface area contributed by atoms with E-state index >= 15 is 0 Å². The number of carboxylic acids is 1. The van der Waals surface area contributed by atoms with Gasteiger partial charge in [0.05, 0.1) is 27.0 Å². The molecule has 1 atom stereocenters. The van der Waals surface area contributed by atoms with E-state index < -0.39 is 26.5 Å². The van der Waals surface area contributed by atoms with Gasteiger partial charge in [0.2, 0.25) is 0 Å². The van der Waals surface area contributed by atoms with Crippen LogP contribution >= 0.6 is 7.82 Å². The highest BCUT2D eigenvalue weighted by atomic mass is 31.2. The Hall–Kier alpha value is -1.24. The summed E-state index contributed by atoms with van der Waals surface area (Å²) in [4.78, 5) is 31.6. The van der Waals surface area contributed by atoms with Crippen LogP contribution in [0.15, 0.2) is 34.9 Å². The Morgan fingerprint density at radius 2 is 1.54 bits per heavy atom. The summed E-state index contributed by atoms with van der Waals surface area (Å²) in [6.07, 6.45) is 8.18. The summed E-state index contributed by atoms with van der Waals surface area (Å²) >= 11 is 0. The largest absolute Gasteiger partial charge is 0.790 e. The summed E-state index contributed by atoms with van der Waals surface area (Å²) < 4.78 is 19.3. The average molecular weight is 387 g/mol. The first kappa shape index (κ1) is 24.8. The van der Waals surface area contributed by atoms with Crippen molar-refractivity contribution in [2.24, 2.45) is 0 Å². The van der Waals surface area contributed by atoms with Crippen LogP contribution in [0.4, 0.5) is 0 Å². The van der Waals surface area contributed by atoms with Gasteiger partial charge in [0.1, 0.15) is 6.10 Å². The van der Waals surface area contributed by atoms with Crippen molar-refractivity contribution in [2.75, 3.05) is 13.2 Å². The lowest BCUT2D eigenvalue weighted by molar-refractivity contribution is -0.344. The van der Waals surface area contributed by atoms with E-state index in [4.69, 9.17) is 4.74 Å². The molecule has 0 aromatic rings. The van der Waals surface area contributed by atoms with Crippen molar-refractivity contribution in [3.8, 4) is 0 Å². The van der Waals surface area contributed by atoms with Crippen LogP contribution < -0.4 is 14.9 Å². The maximum atomic E-state index is 10.8. The van der Waals surface area contributed by atoms with E-state index in [0.29, 0.717) is 0 Å². The number of allylic oxidation sites excluding steroid dienone is 5. The van der Waals surface area contributed by atoms with E-state index in [2.05, 4.69) is 37.4 Å². The Labute approximate surface area is 155 Å². The number of hydrogen-bond acceptors (Lipinski definition) is 7. The Kier molecular flexibility index (Phi) is 12.4. The minimum Gasteiger partial charge on any atom is -0.790 e. The molecule has 0 N–H and O–H groups in total. The lowest BCUT2D eigenvalue weighted by Gasteiger charge is -2.30. The molecular formula is C18H28O7P-3. The smallest absolute Gasteiger partial charge is 0.121 e. The molecule has 150 valence electrons. The van der Waals surface area contributed by atoms with Gasteiger partial charge in [-0.05, 0) is 53.4 Å². The fourth-order valence-electron chi connectivity index (χ4n) is 1.99. The van der Waals surface area contributed by atoms with Gasteiger partial charge < -0.3 is 33.5 Å². The maximum absolute atomic E-state index is 10.8. The van der Waals surface area contributed by atoms with Crippen molar-refractivity contribution in [3.05, 3.63) is 34.9 Å². The molecule has 8 heteroatoms. The summed E-state index contributed by atoms with van der Waals surface area (Å²) in [5.41, 5.74) is 3.64. The van der Waals surface area contributed by atoms with Crippen LogP contribution in [0, 0.1) is 0 Å². The lowest BCUT2D eigenvalue weighted by atomic mass is 10.1. The summed E-state index contributed by atoms with van der Waals surface area (Å²) in [6, 6.07) is 0. The molecular weight excluding hydrogens is 359 g/mol. The van der Waals surface area contributed by atoms with Gasteiger partial charge in [-0.15, -0.1) is 0 Å². The van der Waals surface area contributed by atoms with Gasteiger partial charge in [-0.2, -0.15) is 0 Å². The third-order valence-corrected chi connectivity index (χ3v) is 3.96. The highest BCUT2D eigenvalue weighted by molar-refractivity contribution is 7.43. The minimum absolute atomic E-state index is 0.0425. The van der Waals surface area contributed by atoms with Gasteiger partial charge in [-0.3, -0.25) is 0 Å². The third-order valence-electron chi connectivity index (χ3n) is 3.50. The van der Waals surface area contributed by atoms with Crippen LogP contribution in [0.1, 0.15) is 53.4 Å². The molecule has 1 unspecified atom stereocenters. The summed E-state index contributed by atoms with van der Waals surface area (Å²) in [5.74, 6) is -1.64. The number of hydrogen-bond donors (Lipinski definition) is 0. The van der Waals surface area contributed by atoms with E-state index in [1.807, 2.05) is 6.92 Å². The van der Waals surface area contributed by atoms with Gasteiger partial charge in [0.25, 0.3) is 0 Å². The molecule has 0 heterocycles. The lowest BCUT2D eigenvalue weighted by Crippen LogP contribution is -2.41. The van der Waals surface area contributed by atoms with Crippen molar-refractivity contribution in [2.45, 2.75) is 59.5 Å². The molecule has 0 spiro atoms. The van der Waals surface area contributed by atoms with Crippen LogP contribution in [0.2, 0.25) is 0 Å². The zero-order valence-corrected chi connectivity index (χ0v) is 16.8. The van der Waals surface area contributed by atoms with Gasteiger partial charge in [-0.25, -0.2) is 0 Å². The number of carboxylic acid groups (broad SMARTS) is 1. The van der Waals surface area contributed by atoms with Crippen molar-refractivity contribution in [1.82, 2.24) is 0 Å². The van der Waals surface area contributed by atoms with Crippen LogP contribution in [0.3, 0.4) is 0 Å². The van der Waals surface area contributed by atoms with Gasteiger partial charge in [0.15, 0.2) is 0 Å². The van der Waals surface area contributed by atoms with E-state index in [0.717, 1.165) is 31.3 Å². The molecule has 26 heavy (non-hydrogen) atoms. The van der Waals surface area contributed by atoms with Crippen LogP contribution in [-0.4, -0.2) is 25.3 Å². The second-order valence-corrected chi connectivity index (χ2v) is 7.50. The summed E-state index contributed by atoms with van der Waals surface area (Å²) in [5, 5.41) is 10.8. The molecule has 0 bridgehead atoms. The fraction of sp³-hybridized carbons (Fsp3) is 0.611. The van der Waals surface area contributed by atoms with Crippen LogP contribution in [0.5, 0.6) is 0 Å². The first-order valence-corrected chi connectivity index (χ1v) is 9.91. The highest BCUT2D eigenvalue weighted by Crippen LogP contribution is 2.24. The standard InChI is InChI=1S/C18H31O7P/c1-14(2)7-5-8-15(3)9-6-10-16(4)11-12-24-17(18(19)20)13-25-26(21,22)23/h7,9,11,17H,5-6,8,10,12-13H2,1-4H3,(H,19,20)(H2,21,22,23)/p-3/b15-9+,16-11-. The summed E-state index contributed by atoms with van der Waals surface area (Å²) in [7, 11) is -5.25. The molecule has 7 nitrogen and oxygen atoms in total. The zero-order chi connectivity index (χ0) is 20.2. The second-order valence-electron chi connectivity index (χ2n) is 6.34. The Morgan fingerprint density at radius 1 is 1.00 bits per heavy atom. The number of phosphoric ester groups is 1. The van der Waals surface area contributed by atoms with Gasteiger partial charge >= 0.3 is 0 Å². The summed E-state index contributed by atoms with van der Waals surface area (Å²) in [6.45, 7) is 7.20. The Balaban J connectivity index is 4.24. The first-order chi connectivity index (χ1) is 12.0. The monoisotopic (exact) mass is 387 g/mol. The molecule has 0 amide bonds. The highest BCUT2D eigenvalue weighted by Gasteiger charge is 2.11. The van der Waals surface area contributed by atoms with Gasteiger partial charge in [0, 0.05) is 0 Å². The predicted molar refractivity (Wildman–Crippen MR) is 93.7 cm³/mol. The molecule has 0 aromatic carbocycles. The van der Waals surface area contributed by atoms with E-state index in [-0.39, 0.29) is 6.61 Å². The van der Waals surface area contributed by atoms with Gasteiger partial charge in [-0.1, -0.05) is 34.9 Å². The third kappa shape index (κ3) is 15.0. The maximum Gasteiger partial charge on any atom is 0.121 e. The van der Waals surface area contributed by atoms with Crippen molar-refractivity contribution in [3.63, 3.8) is 0 Å². The molecule has 0 rings (SSSR count). The van der Waals surface area contributed by atoms with Crippen LogP contribution in [-0.2, 0) is 18.6 Å². The van der Waals surface area contributed by atoms with Crippen molar-refractivity contribution >= 4 is 13.8 Å². The average Bonchev–Trinajstić information content (AvgIpc) is 2.48. The normalized spacial score (nSPS) is 14.2. The van der Waals surface area contributed by atoms with Crippen LogP contribution in [0.25, 0.3) is 0 Å². The number of ether oxygens (including phenoxy) is 1. The molecule has 0 aliphatic heterocycles. The molecule has 0 saturated carbocycles. The topological polar surface area (TPSA) is 122 Å². The second kappa shape index (κ2) is 13.0. The van der Waals surface area contributed by atoms with E-state index in [1.54, 1.807) is 6.08 Å². The molecule has 0 aromatic heterocycles. The zero-order valence-electron chi connectivity index (χ0n) is 15.9. The van der Waals surface area contributed by atoms with E-state index in [1.165, 1.54) is 11.1 Å². The molecule has 0 aliphatic rings. The fourth-order valence-corrected chi connectivity index (χ4v) is 2.31. The Morgan fingerprint density at radius 3 is 2.04 bits per heavy atom. The number of rotatable bonds is 13. The minimum atomic E-state index is -5.25. The number of carbonyl (C=O) groups excluding carboxylic acids is 1. The Bertz CT molecular complexity index is 568. The SMILES string of the molecule is CC(C)=CCC/C(C)=C/CC/C(C)=C\COC(COP(=O)([O-])[O-])C(=O)[O-]. The first-order valence-electron chi connectivity index (χ1n) is 8.45. The predicted octanol–water partition coefficient (Wildman–Crippen LogP) is 1.39. The molecule has 0 fully saturated rings. The van der Waals surface area contributed by atoms with Crippen molar-refractivity contribution in [1.29, 1.82) is 0 Å². The molecule has 0 radical (unpaired) electrons. The number of phosphoric acid groups is 1. The molecule has 0 saturated heterocycles. The molecule has 0 aliphatic carbocycles. The van der Waals surface area contributed by atoms with E-state index in [9.17, 15) is 24.3 Å². The van der Waals surface area contributed by atoms with Crippen molar-refractivity contribution < 1.29 is 33.5 Å².